The molecular formula is C18H15ClN2OS. The van der Waals surface area contributed by atoms with Gasteiger partial charge in [-0.15, -0.1) is 0 Å². The number of halogens is 1. The summed E-state index contributed by atoms with van der Waals surface area (Å²) in [6.07, 6.45) is 1.76. The zero-order chi connectivity index (χ0) is 16.4. The fourth-order valence-electron chi connectivity index (χ4n) is 2.54. The lowest BCUT2D eigenvalue weighted by Crippen LogP contribution is -2.33. The minimum atomic E-state index is -0.133. The van der Waals surface area contributed by atoms with E-state index in [-0.39, 0.29) is 11.9 Å². The number of thiocarbonyl (C=S) groups is 1. The predicted octanol–water partition coefficient (Wildman–Crippen LogP) is 4.16. The largest absolute Gasteiger partial charge is 0.328 e. The van der Waals surface area contributed by atoms with Crippen molar-refractivity contribution in [2.45, 2.75) is 13.0 Å². The highest BCUT2D eigenvalue weighted by molar-refractivity contribution is 7.80. The van der Waals surface area contributed by atoms with Gasteiger partial charge < -0.3 is 5.32 Å². The van der Waals surface area contributed by atoms with Gasteiger partial charge in [-0.3, -0.25) is 9.69 Å². The first-order valence-electron chi connectivity index (χ1n) is 7.23. The lowest BCUT2D eigenvalue weighted by atomic mass is 10.1. The van der Waals surface area contributed by atoms with E-state index >= 15 is 0 Å². The van der Waals surface area contributed by atoms with Gasteiger partial charge in [-0.05, 0) is 48.5 Å². The third-order valence-electron chi connectivity index (χ3n) is 3.74. The molecule has 2 aromatic rings. The molecule has 1 heterocycles. The Kier molecular flexibility index (Phi) is 4.46. The minimum absolute atomic E-state index is 0.131. The molecule has 0 aliphatic carbocycles. The van der Waals surface area contributed by atoms with Crippen LogP contribution in [0.4, 0.5) is 0 Å². The molecule has 2 aromatic carbocycles. The van der Waals surface area contributed by atoms with Gasteiger partial charge in [0.05, 0.1) is 6.04 Å². The second kappa shape index (κ2) is 6.52. The number of carbonyl (C=O) groups excluding carboxylic acids is 1. The molecule has 1 atom stereocenters. The van der Waals surface area contributed by atoms with E-state index in [9.17, 15) is 4.79 Å². The Labute approximate surface area is 145 Å². The maximum atomic E-state index is 12.7. The Morgan fingerprint density at radius 2 is 1.91 bits per heavy atom. The smallest absolute Gasteiger partial charge is 0.277 e. The molecule has 1 saturated heterocycles. The summed E-state index contributed by atoms with van der Waals surface area (Å²) in [5.41, 5.74) is 2.35. The van der Waals surface area contributed by atoms with Gasteiger partial charge in [0.25, 0.3) is 5.91 Å². The van der Waals surface area contributed by atoms with Crippen molar-refractivity contribution in [3.63, 3.8) is 0 Å². The molecule has 0 spiro atoms. The van der Waals surface area contributed by atoms with E-state index in [1.807, 2.05) is 49.4 Å². The first-order valence-corrected chi connectivity index (χ1v) is 8.01. The van der Waals surface area contributed by atoms with E-state index in [1.165, 1.54) is 0 Å². The van der Waals surface area contributed by atoms with Crippen molar-refractivity contribution in [1.82, 2.24) is 10.2 Å². The van der Waals surface area contributed by atoms with Crippen LogP contribution in [-0.2, 0) is 4.79 Å². The summed E-state index contributed by atoms with van der Waals surface area (Å²) in [7, 11) is 0. The fourth-order valence-corrected chi connectivity index (χ4v) is 3.09. The van der Waals surface area contributed by atoms with Gasteiger partial charge in [-0.2, -0.15) is 0 Å². The molecule has 0 radical (unpaired) electrons. The number of amides is 1. The van der Waals surface area contributed by atoms with Crippen molar-refractivity contribution < 1.29 is 4.79 Å². The SMILES string of the molecule is CC(c1ccccc1)N1C(=O)/C(=C/c2cccc(Cl)c2)NC1=S. The van der Waals surface area contributed by atoms with Crippen LogP contribution in [0.1, 0.15) is 24.1 Å². The highest BCUT2D eigenvalue weighted by Gasteiger charge is 2.34. The van der Waals surface area contributed by atoms with Crippen LogP contribution in [-0.4, -0.2) is 15.9 Å². The summed E-state index contributed by atoms with van der Waals surface area (Å²) in [5.74, 6) is -0.133. The molecule has 0 saturated carbocycles. The first-order chi connectivity index (χ1) is 11.1. The average Bonchev–Trinajstić information content (AvgIpc) is 2.81. The second-order valence-electron chi connectivity index (χ2n) is 5.30. The summed E-state index contributed by atoms with van der Waals surface area (Å²) in [5, 5.41) is 4.04. The number of nitrogens with zero attached hydrogens (tertiary/aromatic N) is 1. The van der Waals surface area contributed by atoms with E-state index in [4.69, 9.17) is 23.8 Å². The van der Waals surface area contributed by atoms with Gasteiger partial charge in [0.15, 0.2) is 5.11 Å². The molecule has 3 nitrogen and oxygen atoms in total. The third kappa shape index (κ3) is 3.28. The number of hydrogen-bond donors (Lipinski definition) is 1. The number of benzene rings is 2. The van der Waals surface area contributed by atoms with Crippen LogP contribution in [0, 0.1) is 0 Å². The van der Waals surface area contributed by atoms with E-state index in [0.29, 0.717) is 15.8 Å². The van der Waals surface area contributed by atoms with Gasteiger partial charge in [0.2, 0.25) is 0 Å². The molecule has 0 aromatic heterocycles. The van der Waals surface area contributed by atoms with Crippen molar-refractivity contribution in [3.8, 4) is 0 Å². The first kappa shape index (κ1) is 15.7. The third-order valence-corrected chi connectivity index (χ3v) is 4.27. The highest BCUT2D eigenvalue weighted by atomic mass is 35.5. The van der Waals surface area contributed by atoms with Crippen molar-refractivity contribution in [2.24, 2.45) is 0 Å². The number of rotatable bonds is 3. The Morgan fingerprint density at radius 3 is 2.61 bits per heavy atom. The highest BCUT2D eigenvalue weighted by Crippen LogP contribution is 2.26. The summed E-state index contributed by atoms with van der Waals surface area (Å²) in [6.45, 7) is 1.96. The molecule has 1 aliphatic rings. The van der Waals surface area contributed by atoms with Gasteiger partial charge in [-0.25, -0.2) is 0 Å². The summed E-state index contributed by atoms with van der Waals surface area (Å²) in [6, 6.07) is 17.0. The van der Waals surface area contributed by atoms with Crippen molar-refractivity contribution in [1.29, 1.82) is 0 Å². The van der Waals surface area contributed by atoms with Gasteiger partial charge >= 0.3 is 0 Å². The van der Waals surface area contributed by atoms with Crippen LogP contribution in [0.25, 0.3) is 6.08 Å². The summed E-state index contributed by atoms with van der Waals surface area (Å²) < 4.78 is 0. The molecule has 0 bridgehead atoms. The summed E-state index contributed by atoms with van der Waals surface area (Å²) in [4.78, 5) is 14.3. The monoisotopic (exact) mass is 342 g/mol. The minimum Gasteiger partial charge on any atom is -0.328 e. The van der Waals surface area contributed by atoms with Gasteiger partial charge in [0.1, 0.15) is 5.70 Å². The van der Waals surface area contributed by atoms with Crippen LogP contribution in [0.5, 0.6) is 0 Å². The van der Waals surface area contributed by atoms with E-state index < -0.39 is 0 Å². The number of nitrogens with one attached hydrogen (secondary N) is 1. The normalized spacial score (nSPS) is 17.5. The van der Waals surface area contributed by atoms with Crippen molar-refractivity contribution in [3.05, 3.63) is 76.4 Å². The average molecular weight is 343 g/mol. The summed E-state index contributed by atoms with van der Waals surface area (Å²) >= 11 is 11.3. The Hall–Kier alpha value is -2.17. The standard InChI is InChI=1S/C18H15ClN2OS/c1-12(14-7-3-2-4-8-14)21-17(22)16(20-18(21)23)11-13-6-5-9-15(19)10-13/h2-12H,1H3,(H,20,23)/b16-11-. The molecule has 1 N–H and O–H groups in total. The zero-order valence-corrected chi connectivity index (χ0v) is 14.1. The van der Waals surface area contributed by atoms with Crippen molar-refractivity contribution in [2.75, 3.05) is 0 Å². The van der Waals surface area contributed by atoms with E-state index in [1.54, 1.807) is 23.1 Å². The van der Waals surface area contributed by atoms with Crippen LogP contribution in [0.3, 0.4) is 0 Å². The Bertz CT molecular complexity index is 789. The Morgan fingerprint density at radius 1 is 1.17 bits per heavy atom. The molecule has 23 heavy (non-hydrogen) atoms. The fraction of sp³-hybridized carbons (Fsp3) is 0.111. The molecule has 116 valence electrons. The molecule has 1 aliphatic heterocycles. The van der Waals surface area contributed by atoms with Crippen LogP contribution in [0.2, 0.25) is 5.02 Å². The molecule has 1 unspecified atom stereocenters. The van der Waals surface area contributed by atoms with E-state index in [0.717, 1.165) is 11.1 Å². The van der Waals surface area contributed by atoms with Gasteiger partial charge in [-0.1, -0.05) is 54.1 Å². The van der Waals surface area contributed by atoms with Crippen molar-refractivity contribution >= 4 is 40.9 Å². The lowest BCUT2D eigenvalue weighted by Gasteiger charge is -2.23. The molecule has 3 rings (SSSR count). The molecule has 1 amide bonds. The predicted molar refractivity (Wildman–Crippen MR) is 96.9 cm³/mol. The van der Waals surface area contributed by atoms with Crippen LogP contribution < -0.4 is 5.32 Å². The molecule has 1 fully saturated rings. The lowest BCUT2D eigenvalue weighted by molar-refractivity contribution is -0.123. The quantitative estimate of drug-likeness (QED) is 0.671. The maximum Gasteiger partial charge on any atom is 0.277 e. The maximum absolute atomic E-state index is 12.7. The topological polar surface area (TPSA) is 32.3 Å². The zero-order valence-electron chi connectivity index (χ0n) is 12.5. The number of hydrogen-bond acceptors (Lipinski definition) is 2. The van der Waals surface area contributed by atoms with Crippen LogP contribution >= 0.6 is 23.8 Å². The van der Waals surface area contributed by atoms with E-state index in [2.05, 4.69) is 5.32 Å². The molecular weight excluding hydrogens is 328 g/mol. The van der Waals surface area contributed by atoms with Crippen LogP contribution in [0.15, 0.2) is 60.3 Å². The number of carbonyl (C=O) groups is 1. The second-order valence-corrected chi connectivity index (χ2v) is 6.13. The molecule has 5 heteroatoms. The Balaban J connectivity index is 1.88. The van der Waals surface area contributed by atoms with Gasteiger partial charge in [0, 0.05) is 5.02 Å².